The number of nitrogens with two attached hydrogens (primary N) is 1. The molecule has 1 saturated heterocycles. The number of hydrogen-bond donors (Lipinski definition) is 3. The zero-order valence-electron chi connectivity index (χ0n) is 13.6. The Hall–Kier alpha value is -2.15. The Morgan fingerprint density at radius 3 is 2.58 bits per heavy atom. The Bertz CT molecular complexity index is 669. The second kappa shape index (κ2) is 9.22. The molecule has 3 rings (SSSR count). The van der Waals surface area contributed by atoms with E-state index in [4.69, 9.17) is 15.6 Å². The highest BCUT2D eigenvalue weighted by molar-refractivity contribution is 5.97. The van der Waals surface area contributed by atoms with Crippen LogP contribution < -0.4 is 5.73 Å². The molecule has 0 atom stereocenters. The average molecular weight is 332 g/mol. The second-order valence-electron chi connectivity index (χ2n) is 5.62. The van der Waals surface area contributed by atoms with Gasteiger partial charge >= 0.3 is 5.97 Å². The summed E-state index contributed by atoms with van der Waals surface area (Å²) < 4.78 is 5.21. The van der Waals surface area contributed by atoms with Crippen LogP contribution in [0.3, 0.4) is 0 Å². The van der Waals surface area contributed by atoms with Crippen molar-refractivity contribution in [1.82, 2.24) is 4.90 Å². The molecule has 0 aliphatic carbocycles. The van der Waals surface area contributed by atoms with Gasteiger partial charge in [-0.25, -0.2) is 4.79 Å². The number of carbonyl (C=O) groups is 1. The Labute approximate surface area is 141 Å². The van der Waals surface area contributed by atoms with E-state index in [1.807, 2.05) is 0 Å². The van der Waals surface area contributed by atoms with Gasteiger partial charge in [0.25, 0.3) is 0 Å². The van der Waals surface area contributed by atoms with Crippen molar-refractivity contribution in [2.24, 2.45) is 5.73 Å². The maximum absolute atomic E-state index is 10.7. The van der Waals surface area contributed by atoms with Gasteiger partial charge in [-0.2, -0.15) is 0 Å². The molecule has 1 aliphatic heterocycles. The summed E-state index contributed by atoms with van der Waals surface area (Å²) in [4.78, 5) is 13.1. The van der Waals surface area contributed by atoms with Crippen LogP contribution >= 0.6 is 0 Å². The van der Waals surface area contributed by atoms with Crippen LogP contribution in [0.2, 0.25) is 0 Å². The molecular formula is C18H24N2O4. The van der Waals surface area contributed by atoms with Crippen molar-refractivity contribution in [2.75, 3.05) is 39.4 Å². The summed E-state index contributed by atoms with van der Waals surface area (Å²) in [7, 11) is 0. The predicted molar refractivity (Wildman–Crippen MR) is 93.5 cm³/mol. The monoisotopic (exact) mass is 332 g/mol. The van der Waals surface area contributed by atoms with Gasteiger partial charge in [0, 0.05) is 18.5 Å². The molecule has 1 heterocycles. The van der Waals surface area contributed by atoms with Crippen LogP contribution in [0.4, 0.5) is 0 Å². The third kappa shape index (κ3) is 5.19. The number of rotatable bonds is 4. The molecule has 0 unspecified atom stereocenters. The molecule has 0 bridgehead atoms. The average Bonchev–Trinajstić information content (AvgIpc) is 2.61. The minimum Gasteiger partial charge on any atom is -0.507 e. The van der Waals surface area contributed by atoms with Gasteiger partial charge in [-0.1, -0.05) is 24.3 Å². The number of morpholine rings is 1. The lowest BCUT2D eigenvalue weighted by Gasteiger charge is -2.26. The number of hydrogen-bond acceptors (Lipinski definition) is 5. The highest BCUT2D eigenvalue weighted by Crippen LogP contribution is 2.26. The molecule has 0 aromatic heterocycles. The van der Waals surface area contributed by atoms with Crippen molar-refractivity contribution in [3.63, 3.8) is 0 Å². The van der Waals surface area contributed by atoms with E-state index in [1.54, 1.807) is 24.3 Å². The zero-order chi connectivity index (χ0) is 17.4. The molecule has 6 heteroatoms. The Balaban J connectivity index is 0.000000185. The molecule has 4 N–H and O–H groups in total. The molecule has 0 spiro atoms. The third-order valence-electron chi connectivity index (χ3n) is 3.87. The summed E-state index contributed by atoms with van der Waals surface area (Å²) >= 11 is 0. The maximum Gasteiger partial charge on any atom is 0.335 e. The standard InChI is InChI=1S/C11H8O3.C7H16N2O/c12-10-6-8(11(13)14)5-7-3-1-2-4-9(7)10;8-2-1-3-9-4-6-10-7-5-9/h1-6,12H,(H,13,14);1-8H2. The fraction of sp³-hybridized carbons (Fsp3) is 0.389. The number of aromatic carboxylic acids is 1. The molecular weight excluding hydrogens is 308 g/mol. The minimum atomic E-state index is -1.04. The van der Waals surface area contributed by atoms with Crippen molar-refractivity contribution < 1.29 is 19.7 Å². The van der Waals surface area contributed by atoms with Gasteiger partial charge < -0.3 is 20.7 Å². The summed E-state index contributed by atoms with van der Waals surface area (Å²) in [6.07, 6.45) is 1.11. The number of carboxylic acid groups (broad SMARTS) is 1. The zero-order valence-corrected chi connectivity index (χ0v) is 13.6. The SMILES string of the molecule is NCCCN1CCOCC1.O=C(O)c1cc(O)c2ccccc2c1. The van der Waals surface area contributed by atoms with Gasteiger partial charge in [-0.05, 0) is 37.0 Å². The summed E-state index contributed by atoms with van der Waals surface area (Å²) in [6.45, 7) is 5.90. The predicted octanol–water partition coefficient (Wildman–Crippen LogP) is 1.91. The van der Waals surface area contributed by atoms with Gasteiger partial charge in [0.1, 0.15) is 5.75 Å². The van der Waals surface area contributed by atoms with Crippen molar-refractivity contribution >= 4 is 16.7 Å². The third-order valence-corrected chi connectivity index (χ3v) is 3.87. The Morgan fingerprint density at radius 2 is 1.92 bits per heavy atom. The van der Waals surface area contributed by atoms with E-state index in [-0.39, 0.29) is 11.3 Å². The van der Waals surface area contributed by atoms with Gasteiger partial charge in [-0.3, -0.25) is 4.90 Å². The van der Waals surface area contributed by atoms with E-state index < -0.39 is 5.97 Å². The van der Waals surface area contributed by atoms with Crippen LogP contribution in [0.15, 0.2) is 36.4 Å². The molecule has 2 aromatic rings. The van der Waals surface area contributed by atoms with E-state index in [2.05, 4.69) is 4.90 Å². The highest BCUT2D eigenvalue weighted by Gasteiger charge is 2.08. The smallest absolute Gasteiger partial charge is 0.335 e. The van der Waals surface area contributed by atoms with Crippen molar-refractivity contribution in [3.05, 3.63) is 42.0 Å². The number of phenolic OH excluding ortho intramolecular Hbond substituents is 1. The first-order valence-corrected chi connectivity index (χ1v) is 8.07. The molecule has 0 radical (unpaired) electrons. The van der Waals surface area contributed by atoms with Crippen LogP contribution in [0.1, 0.15) is 16.8 Å². The van der Waals surface area contributed by atoms with Crippen molar-refractivity contribution in [1.29, 1.82) is 0 Å². The first kappa shape index (κ1) is 18.2. The Kier molecular flexibility index (Phi) is 6.99. The van der Waals surface area contributed by atoms with Gasteiger partial charge in [0.05, 0.1) is 18.8 Å². The topological polar surface area (TPSA) is 96.0 Å². The van der Waals surface area contributed by atoms with Crippen LogP contribution in [0.25, 0.3) is 10.8 Å². The number of fused-ring (bicyclic) bond motifs is 1. The molecule has 130 valence electrons. The highest BCUT2D eigenvalue weighted by atomic mass is 16.5. The number of ether oxygens (including phenoxy) is 1. The van der Waals surface area contributed by atoms with Crippen LogP contribution in [-0.4, -0.2) is 60.5 Å². The van der Waals surface area contributed by atoms with Gasteiger partial charge in [0.2, 0.25) is 0 Å². The molecule has 24 heavy (non-hydrogen) atoms. The molecule has 0 saturated carbocycles. The number of carboxylic acids is 1. The van der Waals surface area contributed by atoms with E-state index in [0.717, 1.165) is 51.2 Å². The second-order valence-corrected chi connectivity index (χ2v) is 5.62. The van der Waals surface area contributed by atoms with Crippen LogP contribution in [0.5, 0.6) is 5.75 Å². The first-order valence-electron chi connectivity index (χ1n) is 8.07. The van der Waals surface area contributed by atoms with E-state index in [0.29, 0.717) is 5.39 Å². The number of aromatic hydroxyl groups is 1. The fourth-order valence-electron chi connectivity index (χ4n) is 2.55. The summed E-state index contributed by atoms with van der Waals surface area (Å²) in [5, 5.41) is 19.7. The van der Waals surface area contributed by atoms with Gasteiger partial charge in [0.15, 0.2) is 0 Å². The number of nitrogens with zero attached hydrogens (tertiary/aromatic N) is 1. The quantitative estimate of drug-likeness (QED) is 0.791. The largest absolute Gasteiger partial charge is 0.507 e. The van der Waals surface area contributed by atoms with Crippen molar-refractivity contribution in [2.45, 2.75) is 6.42 Å². The van der Waals surface area contributed by atoms with Crippen LogP contribution in [0, 0.1) is 0 Å². The molecule has 0 amide bonds. The lowest BCUT2D eigenvalue weighted by atomic mass is 10.1. The van der Waals surface area contributed by atoms with Crippen LogP contribution in [-0.2, 0) is 4.74 Å². The van der Waals surface area contributed by atoms with Crippen molar-refractivity contribution in [3.8, 4) is 5.75 Å². The fourth-order valence-corrected chi connectivity index (χ4v) is 2.55. The van der Waals surface area contributed by atoms with Gasteiger partial charge in [-0.15, -0.1) is 0 Å². The summed E-state index contributed by atoms with van der Waals surface area (Å²) in [6, 6.07) is 9.90. The first-order chi connectivity index (χ1) is 11.6. The normalized spacial score (nSPS) is 14.9. The molecule has 2 aromatic carbocycles. The molecule has 6 nitrogen and oxygen atoms in total. The Morgan fingerprint density at radius 1 is 1.21 bits per heavy atom. The summed E-state index contributed by atoms with van der Waals surface area (Å²) in [5.74, 6) is -1.04. The maximum atomic E-state index is 10.7. The van der Waals surface area contributed by atoms with E-state index in [1.165, 1.54) is 12.1 Å². The number of phenols is 1. The van der Waals surface area contributed by atoms with E-state index >= 15 is 0 Å². The molecule has 1 aliphatic rings. The lowest BCUT2D eigenvalue weighted by molar-refractivity contribution is 0.0377. The lowest BCUT2D eigenvalue weighted by Crippen LogP contribution is -2.37. The summed E-state index contributed by atoms with van der Waals surface area (Å²) in [5.41, 5.74) is 5.49. The minimum absolute atomic E-state index is 0.000463. The number of benzene rings is 2. The van der Waals surface area contributed by atoms with E-state index in [9.17, 15) is 9.90 Å². The molecule has 1 fully saturated rings.